The van der Waals surface area contributed by atoms with Gasteiger partial charge in [0.05, 0.1) is 52.9 Å². The van der Waals surface area contributed by atoms with Crippen molar-refractivity contribution >= 4 is 85.5 Å². The van der Waals surface area contributed by atoms with Gasteiger partial charge in [0.25, 0.3) is 0 Å². The van der Waals surface area contributed by atoms with Crippen molar-refractivity contribution in [2.24, 2.45) is 34.5 Å². The van der Waals surface area contributed by atoms with Crippen LogP contribution in [-0.4, -0.2) is 116 Å². The second-order valence-corrected chi connectivity index (χ2v) is 25.9. The van der Waals surface area contributed by atoms with E-state index in [2.05, 4.69) is 62.3 Å². The Bertz CT molecular complexity index is 3150. The van der Waals surface area contributed by atoms with Gasteiger partial charge in [0.2, 0.25) is 23.6 Å². The van der Waals surface area contributed by atoms with Gasteiger partial charge in [0.15, 0.2) is 23.9 Å². The normalized spacial score (nSPS) is 19.0. The van der Waals surface area contributed by atoms with Crippen LogP contribution in [-0.2, 0) is 45.3 Å². The van der Waals surface area contributed by atoms with Gasteiger partial charge in [0.1, 0.15) is 28.6 Å². The first-order chi connectivity index (χ1) is 39.2. The summed E-state index contributed by atoms with van der Waals surface area (Å²) in [6.45, 7) is 22.4. The number of morpholine rings is 2. The van der Waals surface area contributed by atoms with Crippen molar-refractivity contribution in [3.8, 4) is 23.7 Å². The molecule has 0 atom stereocenters. The van der Waals surface area contributed by atoms with Gasteiger partial charge in [-0.3, -0.25) is 19.2 Å². The molecule has 2 aliphatic carbocycles. The number of nitrogens with zero attached hydrogens (tertiary/aromatic N) is 4. The first-order valence-electron chi connectivity index (χ1n) is 28.0. The van der Waals surface area contributed by atoms with Gasteiger partial charge in [-0.1, -0.05) is 53.5 Å². The molecule has 2 saturated heterocycles. The maximum absolute atomic E-state index is 14.0. The maximum atomic E-state index is 14.0. The number of esters is 1. The van der Waals surface area contributed by atoms with Crippen LogP contribution in [0.25, 0.3) is 0 Å². The number of carbonyl (C=O) groups is 6. The van der Waals surface area contributed by atoms with Gasteiger partial charge in [-0.15, -0.1) is 22.7 Å². The topological polar surface area (TPSA) is 250 Å². The molecule has 0 unspecified atom stereocenters. The Morgan fingerprint density at radius 1 is 0.627 bits per heavy atom. The second kappa shape index (κ2) is 30.0. The van der Waals surface area contributed by atoms with Crippen molar-refractivity contribution in [3.63, 3.8) is 0 Å². The molecular weight excluding hydrogens is 1180 g/mol. The lowest BCUT2D eigenvalue weighted by molar-refractivity contribution is -0.135. The minimum Gasteiger partial charge on any atom is -0.477 e. The molecule has 452 valence electrons. The third kappa shape index (κ3) is 19.7. The Labute approximate surface area is 500 Å². The first-order valence-corrected chi connectivity index (χ1v) is 30.8. The molecule has 6 heterocycles. The molecule has 4 aromatic heterocycles. The highest BCUT2D eigenvalue weighted by atomic mass is 79.9. The Balaban J connectivity index is 0.000000235. The van der Waals surface area contributed by atoms with E-state index in [1.54, 1.807) is 28.9 Å². The lowest BCUT2D eigenvalue weighted by atomic mass is 9.82. The van der Waals surface area contributed by atoms with Gasteiger partial charge < -0.3 is 56.6 Å². The Morgan fingerprint density at radius 2 is 1.01 bits per heavy atom. The van der Waals surface area contributed by atoms with Crippen LogP contribution in [0.5, 0.6) is 0 Å². The summed E-state index contributed by atoms with van der Waals surface area (Å²) in [6.07, 6.45) is 6.73. The zero-order chi connectivity index (χ0) is 60.8. The predicted molar refractivity (Wildman–Crippen MR) is 316 cm³/mol. The van der Waals surface area contributed by atoms with E-state index in [0.29, 0.717) is 96.7 Å². The number of aromatic carboxylic acids is 1. The molecule has 4 aromatic rings. The number of carboxylic acids is 1. The predicted octanol–water partition coefficient (Wildman–Crippen LogP) is 9.67. The van der Waals surface area contributed by atoms with Crippen molar-refractivity contribution in [1.82, 2.24) is 9.80 Å². The molecule has 8 rings (SSSR count). The SMILES string of the molecule is CC1CCC(C(=O)N(CC(=O)N2CCOCC2)c2cc(C#CC(C)(C)C)sc2C(=O)O)CC1.Cc1oc(=O)oc1CBr.Cc1oc(=O)oc1COC(=O)c1sc(C#CC(C)(C)C)cc1N(CC(=O)N1CCOCC1)C(=O)C1CCC(C)CC1. The molecule has 83 heavy (non-hydrogen) atoms. The molecule has 0 bridgehead atoms. The molecular formula is C60H77BrN4O16S2. The Kier molecular flexibility index (Phi) is 23.8. The van der Waals surface area contributed by atoms with E-state index in [1.807, 2.05) is 41.5 Å². The third-order valence-electron chi connectivity index (χ3n) is 14.2. The minimum absolute atomic E-state index is 0.0421. The van der Waals surface area contributed by atoms with Crippen LogP contribution in [0.15, 0.2) is 39.4 Å². The fraction of sp³-hybridized carbons (Fsp3) is 0.600. The summed E-state index contributed by atoms with van der Waals surface area (Å²) in [7, 11) is 0. The average molecular weight is 1250 g/mol. The summed E-state index contributed by atoms with van der Waals surface area (Å²) in [5.41, 5.74) is 0.0420. The zero-order valence-electron chi connectivity index (χ0n) is 49.2. The van der Waals surface area contributed by atoms with Crippen LogP contribution in [0.3, 0.4) is 0 Å². The molecule has 23 heteroatoms. The largest absolute Gasteiger partial charge is 0.519 e. The summed E-state index contributed by atoms with van der Waals surface area (Å²) in [6, 6.07) is 3.35. The second-order valence-electron chi connectivity index (χ2n) is 23.3. The number of aryl methyl sites for hydroxylation is 2. The summed E-state index contributed by atoms with van der Waals surface area (Å²) in [4.78, 5) is 109. The summed E-state index contributed by atoms with van der Waals surface area (Å²) in [5.74, 6) is 10.4. The van der Waals surface area contributed by atoms with E-state index in [1.165, 1.54) is 16.7 Å². The van der Waals surface area contributed by atoms with Gasteiger partial charge in [-0.05, 0) is 131 Å². The number of anilines is 2. The lowest BCUT2D eigenvalue weighted by Crippen LogP contribution is -2.49. The van der Waals surface area contributed by atoms with Gasteiger partial charge >= 0.3 is 23.6 Å². The fourth-order valence-corrected chi connectivity index (χ4v) is 11.7. The van der Waals surface area contributed by atoms with E-state index in [-0.39, 0.29) is 93.0 Å². The summed E-state index contributed by atoms with van der Waals surface area (Å²) < 4.78 is 35.2. The van der Waals surface area contributed by atoms with Crippen molar-refractivity contribution in [3.05, 3.63) is 75.9 Å². The highest BCUT2D eigenvalue weighted by Gasteiger charge is 2.37. The molecule has 0 radical (unpaired) electrons. The van der Waals surface area contributed by atoms with Gasteiger partial charge in [-0.2, -0.15) is 0 Å². The van der Waals surface area contributed by atoms with E-state index in [4.69, 9.17) is 23.0 Å². The highest BCUT2D eigenvalue weighted by Crippen LogP contribution is 2.38. The van der Waals surface area contributed by atoms with Crippen LogP contribution in [0.2, 0.25) is 0 Å². The van der Waals surface area contributed by atoms with Crippen molar-refractivity contribution in [1.29, 1.82) is 0 Å². The molecule has 2 aliphatic heterocycles. The molecule has 0 aromatic carbocycles. The van der Waals surface area contributed by atoms with Crippen LogP contribution < -0.4 is 21.4 Å². The van der Waals surface area contributed by atoms with E-state index < -0.39 is 23.6 Å². The number of halogens is 1. The highest BCUT2D eigenvalue weighted by molar-refractivity contribution is 9.08. The fourth-order valence-electron chi connectivity index (χ4n) is 9.40. The number of rotatable bonds is 13. The maximum Gasteiger partial charge on any atom is 0.519 e. The van der Waals surface area contributed by atoms with E-state index in [0.717, 1.165) is 74.0 Å². The lowest BCUT2D eigenvalue weighted by Gasteiger charge is -2.33. The van der Waals surface area contributed by atoms with Gasteiger partial charge in [0, 0.05) is 48.8 Å². The first kappa shape index (κ1) is 65.9. The van der Waals surface area contributed by atoms with Crippen LogP contribution >= 0.6 is 38.6 Å². The summed E-state index contributed by atoms with van der Waals surface area (Å²) in [5, 5.41) is 10.4. The number of amides is 4. The molecule has 0 spiro atoms. The van der Waals surface area contributed by atoms with Crippen LogP contribution in [0, 0.1) is 72.0 Å². The monoisotopic (exact) mass is 1250 g/mol. The molecule has 4 amide bonds. The van der Waals surface area contributed by atoms with Gasteiger partial charge in [-0.25, -0.2) is 19.2 Å². The number of alkyl halides is 1. The smallest absolute Gasteiger partial charge is 0.477 e. The number of carboxylic acid groups (broad SMARTS) is 1. The van der Waals surface area contributed by atoms with Crippen molar-refractivity contribution in [2.45, 2.75) is 133 Å². The quantitative estimate of drug-likeness (QED) is 0.0743. The van der Waals surface area contributed by atoms with E-state index >= 15 is 0 Å². The zero-order valence-corrected chi connectivity index (χ0v) is 52.4. The number of carbonyl (C=O) groups excluding carboxylic acids is 5. The number of hydrogen-bond acceptors (Lipinski definition) is 17. The van der Waals surface area contributed by atoms with Crippen molar-refractivity contribution in [2.75, 3.05) is 75.5 Å². The van der Waals surface area contributed by atoms with Crippen molar-refractivity contribution < 1.29 is 65.8 Å². The third-order valence-corrected chi connectivity index (χ3v) is 16.8. The Morgan fingerprint density at radius 3 is 1.36 bits per heavy atom. The molecule has 2 saturated carbocycles. The summed E-state index contributed by atoms with van der Waals surface area (Å²) >= 11 is 5.29. The molecule has 4 fully saturated rings. The number of ether oxygens (including phenoxy) is 3. The number of thiophene rings is 2. The van der Waals surface area contributed by atoms with E-state index in [9.17, 15) is 43.5 Å². The average Bonchev–Trinajstić information content (AvgIpc) is 3.91. The number of hydrogen-bond donors (Lipinski definition) is 1. The molecule has 1 N–H and O–H groups in total. The standard InChI is InChI=1S/C30H38N2O8S.C25H34N2O5S.C5H5BrO3/c1-19-6-8-21(9-7-19)27(34)32(17-25(33)31-12-14-37-15-13-31)23-16-22(10-11-30(3,4)5)41-26(23)28(35)38-18-24-20(2)39-29(36)40-24;1-17-5-7-18(8-6-17)23(29)27(16-21(28)26-11-13-32-14-12-26)20-15-19(9-10-25(2,3)4)33-22(20)24(30)31;1-3-4(2-6)9-5(7)8-3/h16,19,21H,6-9,12-15,17-18H2,1-5H3;15,17-18H,5-8,11-14,16H2,1-4H3,(H,30,31);2H2,1H3. The van der Waals surface area contributed by atoms with Crippen LogP contribution in [0.1, 0.15) is 159 Å². The minimum atomic E-state index is -1.12. The Hall–Kier alpha value is -6.24. The molecule has 4 aliphatic rings. The van der Waals surface area contributed by atoms with Crippen LogP contribution in [0.4, 0.5) is 11.4 Å². The molecule has 20 nitrogen and oxygen atoms in total.